The number of para-hydroxylation sites is 2. The maximum atomic E-state index is 12.7. The molecule has 5 nitrogen and oxygen atoms in total. The summed E-state index contributed by atoms with van der Waals surface area (Å²) < 4.78 is 49.0. The summed E-state index contributed by atoms with van der Waals surface area (Å²) in [5.74, 6) is -1.47. The highest BCUT2D eigenvalue weighted by atomic mass is 19.4. The predicted octanol–water partition coefficient (Wildman–Crippen LogP) is 3.36. The number of nitrogens with zero attached hydrogens (tertiary/aromatic N) is 1. The standard InChI is InChI=1S/C17H12F3NO4/c18-17(19,20)12-5-3-4-11(8-12)10-24-15(22)9-21-13-6-1-2-7-14(13)25-16(21)23/h1-8H,9-10H2. The fourth-order valence-electron chi connectivity index (χ4n) is 2.34. The monoisotopic (exact) mass is 351 g/mol. The van der Waals surface area contributed by atoms with Crippen molar-refractivity contribution in [3.63, 3.8) is 0 Å². The molecule has 130 valence electrons. The summed E-state index contributed by atoms with van der Waals surface area (Å²) in [4.78, 5) is 23.7. The molecule has 0 aliphatic rings. The van der Waals surface area contributed by atoms with Crippen LogP contribution in [0.3, 0.4) is 0 Å². The number of oxazole rings is 1. The SMILES string of the molecule is O=C(Cn1c(=O)oc2ccccc21)OCc1cccc(C(F)(F)F)c1. The highest BCUT2D eigenvalue weighted by Gasteiger charge is 2.30. The van der Waals surface area contributed by atoms with Crippen molar-refractivity contribution in [1.29, 1.82) is 0 Å². The largest absolute Gasteiger partial charge is 0.459 e. The first-order valence-electron chi connectivity index (χ1n) is 7.25. The Morgan fingerprint density at radius 1 is 1.12 bits per heavy atom. The van der Waals surface area contributed by atoms with E-state index in [0.29, 0.717) is 11.1 Å². The number of rotatable bonds is 4. The molecule has 0 amide bonds. The van der Waals surface area contributed by atoms with Crippen LogP contribution in [0.5, 0.6) is 0 Å². The van der Waals surface area contributed by atoms with Crippen LogP contribution in [0.4, 0.5) is 13.2 Å². The van der Waals surface area contributed by atoms with Gasteiger partial charge in [-0.2, -0.15) is 13.2 Å². The van der Waals surface area contributed by atoms with Crippen molar-refractivity contribution in [3.05, 3.63) is 70.2 Å². The zero-order chi connectivity index (χ0) is 18.0. The molecule has 0 spiro atoms. The Hall–Kier alpha value is -3.03. The predicted molar refractivity (Wildman–Crippen MR) is 81.7 cm³/mol. The second-order valence-electron chi connectivity index (χ2n) is 5.28. The van der Waals surface area contributed by atoms with E-state index in [4.69, 9.17) is 9.15 Å². The van der Waals surface area contributed by atoms with Crippen molar-refractivity contribution in [1.82, 2.24) is 4.57 Å². The first-order chi connectivity index (χ1) is 11.8. The molecule has 0 fully saturated rings. The van der Waals surface area contributed by atoms with E-state index in [-0.39, 0.29) is 12.2 Å². The Morgan fingerprint density at radius 2 is 1.88 bits per heavy atom. The van der Waals surface area contributed by atoms with Crippen LogP contribution in [-0.4, -0.2) is 10.5 Å². The molecule has 3 rings (SSSR count). The van der Waals surface area contributed by atoms with Crippen molar-refractivity contribution >= 4 is 17.1 Å². The fourth-order valence-corrected chi connectivity index (χ4v) is 2.34. The van der Waals surface area contributed by atoms with Crippen molar-refractivity contribution in [2.24, 2.45) is 0 Å². The lowest BCUT2D eigenvalue weighted by atomic mass is 10.1. The third-order valence-corrected chi connectivity index (χ3v) is 3.52. The molecule has 2 aromatic carbocycles. The van der Waals surface area contributed by atoms with E-state index in [9.17, 15) is 22.8 Å². The van der Waals surface area contributed by atoms with Crippen molar-refractivity contribution in [2.45, 2.75) is 19.3 Å². The van der Waals surface area contributed by atoms with Crippen molar-refractivity contribution in [2.75, 3.05) is 0 Å². The van der Waals surface area contributed by atoms with E-state index < -0.39 is 30.0 Å². The summed E-state index contributed by atoms with van der Waals surface area (Å²) in [5.41, 5.74) is 0.146. The van der Waals surface area contributed by atoms with Gasteiger partial charge in [0.1, 0.15) is 13.2 Å². The van der Waals surface area contributed by atoms with Gasteiger partial charge in [-0.05, 0) is 29.8 Å². The third kappa shape index (κ3) is 3.73. The number of carbonyl (C=O) groups excluding carboxylic acids is 1. The molecule has 0 aliphatic heterocycles. The van der Waals surface area contributed by atoms with E-state index >= 15 is 0 Å². The summed E-state index contributed by atoms with van der Waals surface area (Å²) in [5, 5.41) is 0. The second-order valence-corrected chi connectivity index (χ2v) is 5.28. The molecule has 0 atom stereocenters. The number of carbonyl (C=O) groups is 1. The number of aromatic nitrogens is 1. The van der Waals surface area contributed by atoms with Crippen LogP contribution < -0.4 is 5.76 Å². The lowest BCUT2D eigenvalue weighted by molar-refractivity contribution is -0.145. The van der Waals surface area contributed by atoms with Gasteiger partial charge in [-0.25, -0.2) is 4.79 Å². The van der Waals surface area contributed by atoms with Crippen LogP contribution in [-0.2, 0) is 28.9 Å². The zero-order valence-corrected chi connectivity index (χ0v) is 12.7. The lowest BCUT2D eigenvalue weighted by Gasteiger charge is -2.09. The fraction of sp³-hybridized carbons (Fsp3) is 0.176. The normalized spacial score (nSPS) is 11.6. The van der Waals surface area contributed by atoms with Crippen LogP contribution >= 0.6 is 0 Å². The smallest absolute Gasteiger partial charge is 0.420 e. The van der Waals surface area contributed by atoms with E-state index in [1.165, 1.54) is 12.1 Å². The Balaban J connectivity index is 1.69. The summed E-state index contributed by atoms with van der Waals surface area (Å²) in [7, 11) is 0. The quantitative estimate of drug-likeness (QED) is 0.676. The van der Waals surface area contributed by atoms with Crippen molar-refractivity contribution < 1.29 is 27.1 Å². The van der Waals surface area contributed by atoms with Gasteiger partial charge in [-0.15, -0.1) is 0 Å². The maximum Gasteiger partial charge on any atom is 0.420 e. The molecule has 1 aromatic heterocycles. The van der Waals surface area contributed by atoms with E-state index in [1.807, 2.05) is 0 Å². The Morgan fingerprint density at radius 3 is 2.64 bits per heavy atom. The number of hydrogen-bond donors (Lipinski definition) is 0. The summed E-state index contributed by atoms with van der Waals surface area (Å²) >= 11 is 0. The number of fused-ring (bicyclic) bond motifs is 1. The van der Waals surface area contributed by atoms with E-state index in [0.717, 1.165) is 16.7 Å². The Labute approximate surface area is 139 Å². The Kier molecular flexibility index (Phi) is 4.35. The topological polar surface area (TPSA) is 61.4 Å². The average Bonchev–Trinajstić information content (AvgIpc) is 2.88. The first kappa shape index (κ1) is 16.8. The molecule has 3 aromatic rings. The molecule has 0 N–H and O–H groups in total. The third-order valence-electron chi connectivity index (χ3n) is 3.52. The van der Waals surface area contributed by atoms with Gasteiger partial charge in [0.2, 0.25) is 0 Å². The van der Waals surface area contributed by atoms with Gasteiger partial charge in [-0.1, -0.05) is 24.3 Å². The second kappa shape index (κ2) is 6.46. The molecular weight excluding hydrogens is 339 g/mol. The molecule has 0 unspecified atom stereocenters. The molecule has 25 heavy (non-hydrogen) atoms. The molecule has 0 aliphatic carbocycles. The number of ether oxygens (including phenoxy) is 1. The minimum absolute atomic E-state index is 0.201. The summed E-state index contributed by atoms with van der Waals surface area (Å²) in [6, 6.07) is 11.1. The van der Waals surface area contributed by atoms with Crippen LogP contribution in [0, 0.1) is 0 Å². The van der Waals surface area contributed by atoms with Crippen LogP contribution in [0.15, 0.2) is 57.7 Å². The van der Waals surface area contributed by atoms with Crippen molar-refractivity contribution in [3.8, 4) is 0 Å². The van der Waals surface area contributed by atoms with Crippen LogP contribution in [0.2, 0.25) is 0 Å². The number of benzene rings is 2. The number of hydrogen-bond acceptors (Lipinski definition) is 4. The van der Waals surface area contributed by atoms with Gasteiger partial charge in [0.05, 0.1) is 11.1 Å². The van der Waals surface area contributed by atoms with Gasteiger partial charge in [-0.3, -0.25) is 9.36 Å². The molecule has 0 saturated heterocycles. The van der Waals surface area contributed by atoms with Gasteiger partial charge in [0.25, 0.3) is 0 Å². The molecular formula is C17H12F3NO4. The highest BCUT2D eigenvalue weighted by Crippen LogP contribution is 2.29. The Bertz CT molecular complexity index is 972. The van der Waals surface area contributed by atoms with Gasteiger partial charge in [0, 0.05) is 0 Å². The molecule has 0 saturated carbocycles. The van der Waals surface area contributed by atoms with E-state index in [1.54, 1.807) is 24.3 Å². The van der Waals surface area contributed by atoms with Crippen LogP contribution in [0.1, 0.15) is 11.1 Å². The minimum Gasteiger partial charge on any atom is -0.459 e. The first-order valence-corrected chi connectivity index (χ1v) is 7.25. The summed E-state index contributed by atoms with van der Waals surface area (Å²) in [6.07, 6.45) is -4.47. The zero-order valence-electron chi connectivity index (χ0n) is 12.7. The van der Waals surface area contributed by atoms with Gasteiger partial charge >= 0.3 is 17.9 Å². The highest BCUT2D eigenvalue weighted by molar-refractivity contribution is 5.76. The lowest BCUT2D eigenvalue weighted by Crippen LogP contribution is -2.21. The van der Waals surface area contributed by atoms with E-state index in [2.05, 4.69) is 0 Å². The number of esters is 1. The summed E-state index contributed by atoms with van der Waals surface area (Å²) in [6.45, 7) is -0.720. The minimum atomic E-state index is -4.47. The van der Waals surface area contributed by atoms with Gasteiger partial charge < -0.3 is 9.15 Å². The van der Waals surface area contributed by atoms with Gasteiger partial charge in [0.15, 0.2) is 5.58 Å². The molecule has 8 heteroatoms. The number of halogens is 3. The molecule has 0 bridgehead atoms. The molecule has 1 heterocycles. The van der Waals surface area contributed by atoms with Crippen LogP contribution in [0.25, 0.3) is 11.1 Å². The maximum absolute atomic E-state index is 12.7. The molecule has 0 radical (unpaired) electrons. The average molecular weight is 351 g/mol. The number of alkyl halides is 3.